The van der Waals surface area contributed by atoms with E-state index in [4.69, 9.17) is 18.9 Å². The summed E-state index contributed by atoms with van der Waals surface area (Å²) in [4.78, 5) is 37.3. The van der Waals surface area contributed by atoms with E-state index in [0.29, 0.717) is 23.9 Å². The molecule has 412 valence electrons. The SMILES string of the molecule is CC/C=C\C/C=C\C/C=C\C/C=C\C/C=C\CCCCCCCCCCCCCC(=O)OC(COC(=O)CCCCCCCCCCCCCCCCCCCCC)COC(OCC[N+](C)(C)C)C(=O)[O-]. The van der Waals surface area contributed by atoms with Crippen molar-refractivity contribution in [1.82, 2.24) is 0 Å². The zero-order valence-electron chi connectivity index (χ0n) is 46.8. The number of hydrogen-bond donors (Lipinski definition) is 0. The molecule has 0 heterocycles. The van der Waals surface area contributed by atoms with Gasteiger partial charge >= 0.3 is 11.9 Å². The van der Waals surface area contributed by atoms with Gasteiger partial charge in [0.15, 0.2) is 12.4 Å². The van der Waals surface area contributed by atoms with Crippen molar-refractivity contribution in [2.75, 3.05) is 47.5 Å². The largest absolute Gasteiger partial charge is 0.545 e. The fraction of sp³-hybridized carbons (Fsp3) is 0.790. The summed E-state index contributed by atoms with van der Waals surface area (Å²) in [5, 5.41) is 11.8. The molecule has 71 heavy (non-hydrogen) atoms. The van der Waals surface area contributed by atoms with Crippen molar-refractivity contribution >= 4 is 17.9 Å². The molecule has 0 radical (unpaired) electrons. The van der Waals surface area contributed by atoms with E-state index in [0.717, 1.165) is 77.0 Å². The number of carboxylic acids is 1. The first kappa shape index (κ1) is 68.0. The number of aliphatic carboxylic acids is 1. The molecule has 9 heteroatoms. The quantitative estimate of drug-likeness (QED) is 0.0195. The van der Waals surface area contributed by atoms with Crippen LogP contribution in [0.2, 0.25) is 0 Å². The van der Waals surface area contributed by atoms with Crippen LogP contribution in [0.4, 0.5) is 0 Å². The first-order valence-corrected chi connectivity index (χ1v) is 29.4. The van der Waals surface area contributed by atoms with E-state index >= 15 is 0 Å². The van der Waals surface area contributed by atoms with Crippen LogP contribution in [0, 0.1) is 0 Å². The van der Waals surface area contributed by atoms with Crippen LogP contribution in [-0.4, -0.2) is 82.3 Å². The number of hydrogen-bond acceptors (Lipinski definition) is 8. The normalized spacial score (nSPS) is 13.2. The number of quaternary nitrogens is 1. The lowest BCUT2D eigenvalue weighted by Gasteiger charge is -2.26. The molecule has 0 amide bonds. The maximum absolute atomic E-state index is 12.9. The third-order valence-electron chi connectivity index (χ3n) is 12.8. The summed E-state index contributed by atoms with van der Waals surface area (Å²) < 4.78 is 22.7. The number of nitrogens with zero attached hydrogens (tertiary/aromatic N) is 1. The smallest absolute Gasteiger partial charge is 0.306 e. The fourth-order valence-corrected chi connectivity index (χ4v) is 8.27. The molecule has 0 aliphatic carbocycles. The van der Waals surface area contributed by atoms with Crippen LogP contribution in [0.3, 0.4) is 0 Å². The number of carboxylic acid groups (broad SMARTS) is 1. The molecular formula is C62H111NO8. The maximum Gasteiger partial charge on any atom is 0.306 e. The van der Waals surface area contributed by atoms with E-state index < -0.39 is 24.3 Å². The highest BCUT2D eigenvalue weighted by molar-refractivity contribution is 5.70. The summed E-state index contributed by atoms with van der Waals surface area (Å²) >= 11 is 0. The maximum atomic E-state index is 12.9. The summed E-state index contributed by atoms with van der Waals surface area (Å²) in [6.07, 6.45) is 64.1. The Morgan fingerprint density at radius 3 is 1.20 bits per heavy atom. The lowest BCUT2D eigenvalue weighted by molar-refractivity contribution is -0.870. The van der Waals surface area contributed by atoms with E-state index in [1.54, 1.807) is 0 Å². The molecule has 0 N–H and O–H groups in total. The molecular weight excluding hydrogens is 887 g/mol. The van der Waals surface area contributed by atoms with E-state index in [-0.39, 0.29) is 32.2 Å². The average Bonchev–Trinajstić information content (AvgIpc) is 3.34. The Morgan fingerprint density at radius 1 is 0.437 bits per heavy atom. The molecule has 0 aliphatic heterocycles. The van der Waals surface area contributed by atoms with Gasteiger partial charge in [-0.05, 0) is 57.8 Å². The zero-order chi connectivity index (χ0) is 52.0. The number of unbranched alkanes of at least 4 members (excludes halogenated alkanes) is 29. The first-order valence-electron chi connectivity index (χ1n) is 29.4. The monoisotopic (exact) mass is 998 g/mol. The van der Waals surface area contributed by atoms with E-state index in [2.05, 4.69) is 74.6 Å². The standard InChI is InChI=1S/C62H111NO8/c1-6-8-10-12-14-16-18-20-22-24-26-27-28-29-30-31-32-33-35-37-39-41-43-45-47-49-51-53-60(65)71-58(57-70-62(61(66)67)68-55-54-63(3,4)5)56-69-59(64)52-50-48-46-44-42-40-38-36-34-25-23-21-19-17-15-13-11-9-7-2/h8,10,14,16,20,22,26-27,29-30,58,62H,6-7,9,11-13,15,17-19,21,23-25,28,31-57H2,1-5H3/b10-8-,16-14-,22-20-,27-26-,30-29-. The molecule has 0 aromatic carbocycles. The van der Waals surface area contributed by atoms with Crippen LogP contribution in [-0.2, 0) is 33.3 Å². The highest BCUT2D eigenvalue weighted by Gasteiger charge is 2.22. The molecule has 0 saturated heterocycles. The van der Waals surface area contributed by atoms with Gasteiger partial charge in [-0.25, -0.2) is 0 Å². The first-order chi connectivity index (χ1) is 34.6. The molecule has 2 unspecified atom stereocenters. The molecule has 2 atom stereocenters. The van der Waals surface area contributed by atoms with Crippen molar-refractivity contribution in [3.63, 3.8) is 0 Å². The number of carbonyl (C=O) groups excluding carboxylic acids is 3. The molecule has 0 aliphatic rings. The van der Waals surface area contributed by atoms with Gasteiger partial charge in [-0.15, -0.1) is 0 Å². The van der Waals surface area contributed by atoms with Crippen molar-refractivity contribution in [3.8, 4) is 0 Å². The van der Waals surface area contributed by atoms with E-state index in [9.17, 15) is 19.5 Å². The molecule has 0 aromatic rings. The van der Waals surface area contributed by atoms with E-state index in [1.807, 2.05) is 21.1 Å². The molecule has 0 aromatic heterocycles. The zero-order valence-corrected chi connectivity index (χ0v) is 46.8. The second-order valence-corrected chi connectivity index (χ2v) is 20.9. The molecule has 0 saturated carbocycles. The van der Waals surface area contributed by atoms with Gasteiger partial charge in [0.05, 0.1) is 40.3 Å². The molecule has 0 fully saturated rings. The van der Waals surface area contributed by atoms with Crippen molar-refractivity contribution in [3.05, 3.63) is 60.8 Å². The molecule has 9 nitrogen and oxygen atoms in total. The van der Waals surface area contributed by atoms with Gasteiger partial charge in [-0.2, -0.15) is 0 Å². The molecule has 0 spiro atoms. The third kappa shape index (κ3) is 54.6. The van der Waals surface area contributed by atoms with Gasteiger partial charge in [-0.3, -0.25) is 9.59 Å². The summed E-state index contributed by atoms with van der Waals surface area (Å²) in [7, 11) is 5.92. The van der Waals surface area contributed by atoms with Gasteiger partial charge in [0.1, 0.15) is 13.2 Å². The Kier molecular flexibility index (Phi) is 51.0. The number of ether oxygens (including phenoxy) is 4. The lowest BCUT2D eigenvalue weighted by Crippen LogP contribution is -2.44. The number of esters is 2. The topological polar surface area (TPSA) is 111 Å². The highest BCUT2D eigenvalue weighted by atomic mass is 16.7. The lowest BCUT2D eigenvalue weighted by atomic mass is 10.0. The predicted octanol–water partition coefficient (Wildman–Crippen LogP) is 15.9. The number of likely N-dealkylation sites (N-methyl/N-ethyl adjacent to an activating group) is 1. The van der Waals surface area contributed by atoms with Gasteiger partial charge in [0.25, 0.3) is 0 Å². The Hall–Kier alpha value is -3.01. The van der Waals surface area contributed by atoms with Gasteiger partial charge in [0.2, 0.25) is 0 Å². The summed E-state index contributed by atoms with van der Waals surface area (Å²) in [5.41, 5.74) is 0. The van der Waals surface area contributed by atoms with Gasteiger partial charge in [0, 0.05) is 12.8 Å². The summed E-state index contributed by atoms with van der Waals surface area (Å²) in [5.74, 6) is -2.28. The Balaban J connectivity index is 4.23. The number of carbonyl (C=O) groups is 3. The van der Waals surface area contributed by atoms with Crippen LogP contribution in [0.15, 0.2) is 60.8 Å². The minimum atomic E-state index is -1.62. The van der Waals surface area contributed by atoms with Crippen LogP contribution in [0.5, 0.6) is 0 Å². The van der Waals surface area contributed by atoms with E-state index in [1.165, 1.54) is 148 Å². The van der Waals surface area contributed by atoms with Crippen LogP contribution in [0.25, 0.3) is 0 Å². The van der Waals surface area contributed by atoms with Crippen molar-refractivity contribution in [1.29, 1.82) is 0 Å². The highest BCUT2D eigenvalue weighted by Crippen LogP contribution is 2.17. The second-order valence-electron chi connectivity index (χ2n) is 20.9. The fourth-order valence-electron chi connectivity index (χ4n) is 8.27. The van der Waals surface area contributed by atoms with Crippen molar-refractivity contribution < 1.29 is 42.9 Å². The average molecular weight is 999 g/mol. The van der Waals surface area contributed by atoms with Crippen molar-refractivity contribution in [2.24, 2.45) is 0 Å². The second kappa shape index (κ2) is 53.3. The Bertz CT molecular complexity index is 1350. The Morgan fingerprint density at radius 2 is 0.803 bits per heavy atom. The molecule has 0 rings (SSSR count). The molecule has 0 bridgehead atoms. The Labute approximate surface area is 437 Å². The summed E-state index contributed by atoms with van der Waals surface area (Å²) in [6, 6.07) is 0. The minimum absolute atomic E-state index is 0.147. The van der Waals surface area contributed by atoms with Crippen LogP contribution < -0.4 is 5.11 Å². The van der Waals surface area contributed by atoms with Crippen LogP contribution in [0.1, 0.15) is 258 Å². The third-order valence-corrected chi connectivity index (χ3v) is 12.8. The van der Waals surface area contributed by atoms with Gasteiger partial charge in [-0.1, -0.05) is 248 Å². The summed E-state index contributed by atoms with van der Waals surface area (Å²) in [6.45, 7) is 4.66. The van der Waals surface area contributed by atoms with Crippen LogP contribution >= 0.6 is 0 Å². The number of allylic oxidation sites excluding steroid dienone is 10. The number of rotatable bonds is 54. The van der Waals surface area contributed by atoms with Crippen molar-refractivity contribution in [2.45, 2.75) is 270 Å². The minimum Gasteiger partial charge on any atom is -0.545 e. The predicted molar refractivity (Wildman–Crippen MR) is 297 cm³/mol. The van der Waals surface area contributed by atoms with Gasteiger partial charge < -0.3 is 33.3 Å².